The molecule has 0 bridgehead atoms. The number of anilines is 7. The molecule has 1 aliphatic carbocycles. The van der Waals surface area contributed by atoms with Crippen molar-refractivity contribution in [3.63, 3.8) is 0 Å². The molecule has 8 aromatic carbocycles. The number of alkyl halides is 9. The van der Waals surface area contributed by atoms with Crippen molar-refractivity contribution in [3.05, 3.63) is 208 Å². The lowest BCUT2D eigenvalue weighted by Gasteiger charge is -2.41. The van der Waals surface area contributed by atoms with Crippen molar-refractivity contribution in [1.82, 2.24) is 31.8 Å². The van der Waals surface area contributed by atoms with Gasteiger partial charge in [0.15, 0.2) is 0 Å². The molecule has 0 saturated heterocycles. The van der Waals surface area contributed by atoms with E-state index in [1.165, 1.54) is 60.4 Å². The van der Waals surface area contributed by atoms with Crippen molar-refractivity contribution in [1.29, 1.82) is 0 Å². The zero-order valence-electron chi connectivity index (χ0n) is 76.2. The molecule has 6 unspecified atom stereocenters. The van der Waals surface area contributed by atoms with Crippen molar-refractivity contribution in [2.75, 3.05) is 93.9 Å². The molecule has 38 heteroatoms. The quantitative estimate of drug-likeness (QED) is 0.0197. The molecule has 133 heavy (non-hydrogen) atoms. The van der Waals surface area contributed by atoms with E-state index in [0.29, 0.717) is 40.0 Å². The number of rotatable bonds is 11. The van der Waals surface area contributed by atoms with Crippen LogP contribution in [0.25, 0.3) is 0 Å². The Labute approximate surface area is 842 Å². The predicted molar refractivity (Wildman–Crippen MR) is 612 cm³/mol. The molecular formula is C95H121Cl9F6N14S9. The number of fused-ring (bicyclic) bond motifs is 7. The molecule has 0 aromatic heterocycles. The van der Waals surface area contributed by atoms with Crippen LogP contribution in [-0.4, -0.2) is 194 Å². The molecule has 7 aliphatic heterocycles. The summed E-state index contributed by atoms with van der Waals surface area (Å²) in [7, 11) is -5.11. The highest BCUT2D eigenvalue weighted by Gasteiger charge is 2.38. The van der Waals surface area contributed by atoms with Gasteiger partial charge in [-0.1, -0.05) is 207 Å². The van der Waals surface area contributed by atoms with Gasteiger partial charge in [-0.25, -0.2) is 27.1 Å². The highest BCUT2D eigenvalue weighted by Crippen LogP contribution is 2.54. The molecule has 8 aromatic rings. The normalized spacial score (nSPS) is 21.7. The molecule has 1 saturated carbocycles. The van der Waals surface area contributed by atoms with Gasteiger partial charge in [-0.2, -0.15) is 38.1 Å². The molecule has 1 fully saturated rings. The summed E-state index contributed by atoms with van der Waals surface area (Å²) in [6.45, 7) is 17.5. The van der Waals surface area contributed by atoms with E-state index < -0.39 is 94.3 Å². The van der Waals surface area contributed by atoms with E-state index in [2.05, 4.69) is 197 Å². The molecule has 6 atom stereocenters. The Balaban J connectivity index is 0.000000161. The molecule has 0 radical (unpaired) electrons. The fourth-order valence-electron chi connectivity index (χ4n) is 15.4. The van der Waals surface area contributed by atoms with Gasteiger partial charge in [0, 0.05) is 87.4 Å². The molecule has 0 spiro atoms. The summed E-state index contributed by atoms with van der Waals surface area (Å²) in [5.41, 5.74) is 13.4. The Morgan fingerprint density at radius 1 is 0.429 bits per heavy atom. The first-order valence-corrected chi connectivity index (χ1v) is 61.2. The van der Waals surface area contributed by atoms with E-state index in [0.717, 1.165) is 141 Å². The Morgan fingerprint density at radius 2 is 0.789 bits per heavy atom. The molecule has 730 valence electrons. The topological polar surface area (TPSA) is 142 Å². The average molecular weight is 2180 g/mol. The molecule has 16 rings (SSSR count). The second kappa shape index (κ2) is 44.7. The lowest BCUT2D eigenvalue weighted by molar-refractivity contribution is -0.138. The third-order valence-electron chi connectivity index (χ3n) is 23.3. The fraction of sp³-hybridized carbons (Fsp3) is 0.326. The van der Waals surface area contributed by atoms with Crippen LogP contribution < -0.4 is 56.1 Å². The lowest BCUT2D eigenvalue weighted by Crippen LogP contribution is -2.44. The first kappa shape index (κ1) is 110. The van der Waals surface area contributed by atoms with E-state index >= 15 is 0 Å². The molecule has 7 heterocycles. The van der Waals surface area contributed by atoms with Gasteiger partial charge >= 0.3 is 12.4 Å². The third-order valence-corrected chi connectivity index (χ3v) is 43.7. The van der Waals surface area contributed by atoms with Crippen molar-refractivity contribution in [2.45, 2.75) is 169 Å². The fourth-order valence-corrected chi connectivity index (χ4v) is 31.3. The highest BCUT2D eigenvalue weighted by atomic mass is 35.5. The molecule has 0 amide bonds. The van der Waals surface area contributed by atoms with Crippen LogP contribution in [0, 0.1) is 54.4 Å². The first-order chi connectivity index (χ1) is 61.7. The zero-order valence-corrected chi connectivity index (χ0v) is 90.4. The van der Waals surface area contributed by atoms with Crippen LogP contribution in [0.4, 0.5) is 66.2 Å². The van der Waals surface area contributed by atoms with E-state index in [1.807, 2.05) is 138 Å². The maximum absolute atomic E-state index is 12.7. The van der Waals surface area contributed by atoms with Gasteiger partial charge in [0.25, 0.3) is 0 Å². The van der Waals surface area contributed by atoms with Gasteiger partial charge in [-0.15, -0.1) is 119 Å². The Hall–Kier alpha value is -4.66. The minimum absolute atomic E-state index is 0.00692. The van der Waals surface area contributed by atoms with Crippen molar-refractivity contribution >= 4 is 316 Å². The minimum Gasteiger partial charge on any atom is -0.371 e. The van der Waals surface area contributed by atoms with Gasteiger partial charge in [-0.3, -0.25) is 4.72 Å². The van der Waals surface area contributed by atoms with Crippen LogP contribution in [0.3, 0.4) is 0 Å². The average Bonchev–Trinajstić information content (AvgIpc) is 0.744. The maximum Gasteiger partial charge on any atom is 0.416 e. The number of nitrogens with zero attached hydrogens (tertiary/aromatic N) is 3. The number of aryl methyl sites for hydroxylation is 7. The number of hydrogen-bond acceptors (Lipinski definition) is 16. The summed E-state index contributed by atoms with van der Waals surface area (Å²) in [6.07, 6.45) is 0.0890. The van der Waals surface area contributed by atoms with Gasteiger partial charge in [0.1, 0.15) is 23.3 Å². The van der Waals surface area contributed by atoms with Crippen LogP contribution in [0.2, 0.25) is 30.1 Å². The predicted octanol–water partition coefficient (Wildman–Crippen LogP) is 27.8. The number of nitrogens with one attached hydrogen (secondary N) is 11. The Bertz CT molecular complexity index is 6530. The van der Waals surface area contributed by atoms with Gasteiger partial charge in [-0.05, 0) is 218 Å². The largest absolute Gasteiger partial charge is 0.416 e. The van der Waals surface area contributed by atoms with Crippen LogP contribution in [-0.2, 0) is 6.18 Å². The smallest absolute Gasteiger partial charge is 0.371 e. The summed E-state index contributed by atoms with van der Waals surface area (Å²) in [6, 6.07) is 36.9. The van der Waals surface area contributed by atoms with Crippen LogP contribution in [0.1, 0.15) is 88.3 Å². The van der Waals surface area contributed by atoms with Crippen molar-refractivity contribution in [3.8, 4) is 0 Å². The SMILES string of the molecule is C=CCSCC1Nc2cc(Cl)c(C)cc2S(=C)(=C)N1C.C=S1(=C)NC(C(Cl)Cl)Nc2cc(Cl)c(C)cc21.C=S1(=C)NC(C2CCCCC2)Nc2cc(Cl)c(C)cc21.C=S1(=C)NC(c2ccccc2)Nc2cc(Cl)c(C)cc21.C=S1(=C)NCNc2cc(C(F)(F)F)c(C)cc21.C=S1(=C)c2cc(C)c(Cl)cc2NC(CCl)N1C.C=S1(=C)c2cc(C)c(Cl)cc2NC(CSCC(F)(F)F)N1C. The molecule has 11 N–H and O–H groups in total. The summed E-state index contributed by atoms with van der Waals surface area (Å²) >= 11 is 57.6. The minimum atomic E-state index is -4.33. The maximum atomic E-state index is 12.7. The summed E-state index contributed by atoms with van der Waals surface area (Å²) < 4.78 is 95.0. The van der Waals surface area contributed by atoms with Crippen LogP contribution in [0.15, 0.2) is 162 Å². The monoisotopic (exact) mass is 2170 g/mol. The van der Waals surface area contributed by atoms with Crippen LogP contribution >= 0.6 is 194 Å². The number of halogens is 15. The molecule has 8 aliphatic rings. The Kier molecular flexibility index (Phi) is 37.0. The van der Waals surface area contributed by atoms with Crippen molar-refractivity contribution < 1.29 is 26.3 Å². The van der Waals surface area contributed by atoms with Crippen LogP contribution in [0.5, 0.6) is 0 Å². The third kappa shape index (κ3) is 26.8. The summed E-state index contributed by atoms with van der Waals surface area (Å²) in [4.78, 5) is 6.75. The second-order valence-corrected chi connectivity index (χ2v) is 57.8. The number of hydrogen-bond donors (Lipinski definition) is 11. The van der Waals surface area contributed by atoms with Gasteiger partial charge in [0.05, 0.1) is 76.5 Å². The summed E-state index contributed by atoms with van der Waals surface area (Å²) in [5.74, 6) is 61.7. The number of benzene rings is 8. The second-order valence-electron chi connectivity index (χ2n) is 33.9. The molecular weight excluding hydrogens is 2060 g/mol. The first-order valence-electron chi connectivity index (χ1n) is 41.5. The molecule has 14 nitrogen and oxygen atoms in total. The lowest BCUT2D eigenvalue weighted by atomic mass is 9.87. The standard InChI is InChI=1S/C16H23ClN2S.C16H17ClN2S.C15H21ClN2S2.C14H18ClF3N2S2.C12H16Cl2N2S.C11H13Cl3N2S.C11H13F3N2S/c2*1-11-9-15-14(10-13(11)17)18-16(19-20(15,2)3)12-7-5-4-6-8-12;1-6-7-19-10-15-17-13-9-12(16)11(2)8-14(13)20(4,5)18(15)3;1-9-5-12-11(6-10(9)15)19-13(20(2)22(12,3)4)7-21-8-14(16,17)18;1-8-5-11-10(6-9(8)14)15-12(7-13)16(2)17(11,3)4;1-6-4-9-8(5-7(6)12)15-11(10(13)14)16-17(9,2)3;1-7-4-10-9(5-8(7)11(12,13)14)15-6-16-17(10,2)3/h9-10,12,16,18-19H,2-8H2,1H3;4-10,16,18-19H,2-3H2,1H3;6,8-9,15,17H,1,4-5,7,10H2,2-3H3;5-6,13,19H,3-4,7-8H2,1-2H3;5-6,12,15H,3-4,7H2,1-2H3;4-5,10-11,15-16H,2-3H2,1H3;4-5,15-16H,2-3,6H2,1H3. The highest BCUT2D eigenvalue weighted by molar-refractivity contribution is 8.28. The summed E-state index contributed by atoms with van der Waals surface area (Å²) in [5, 5.41) is 27.8. The van der Waals surface area contributed by atoms with E-state index in [-0.39, 0.29) is 42.6 Å². The van der Waals surface area contributed by atoms with Gasteiger partial charge in [0.2, 0.25) is 0 Å². The van der Waals surface area contributed by atoms with E-state index in [4.69, 9.17) is 104 Å². The number of thioether (sulfide) groups is 2. The zero-order chi connectivity index (χ0) is 98.7. The Morgan fingerprint density at radius 3 is 1.20 bits per heavy atom. The van der Waals surface area contributed by atoms with E-state index in [9.17, 15) is 26.3 Å². The van der Waals surface area contributed by atoms with Gasteiger partial charge < -0.3 is 37.2 Å². The van der Waals surface area contributed by atoms with Crippen molar-refractivity contribution in [2.24, 2.45) is 5.92 Å². The van der Waals surface area contributed by atoms with E-state index in [1.54, 1.807) is 6.07 Å².